The van der Waals surface area contributed by atoms with E-state index in [0.717, 1.165) is 19.4 Å². The van der Waals surface area contributed by atoms with Gasteiger partial charge in [0.25, 0.3) is 0 Å². The molecule has 3 nitrogen and oxygen atoms in total. The van der Waals surface area contributed by atoms with Gasteiger partial charge in [0.1, 0.15) is 6.10 Å². The van der Waals surface area contributed by atoms with E-state index < -0.39 is 0 Å². The van der Waals surface area contributed by atoms with Crippen molar-refractivity contribution in [2.45, 2.75) is 32.4 Å². The standard InChI is InChI=1S/C11H15NO2S/c1-8-4-6-15-10(8)7-12-11(13)9-3-2-5-14-9/h4,6,9H,2-3,5,7H2,1H3,(H,12,13)/t9-/m0/s1. The van der Waals surface area contributed by atoms with Crippen LogP contribution in [0.5, 0.6) is 0 Å². The first-order valence-corrected chi connectivity index (χ1v) is 6.07. The van der Waals surface area contributed by atoms with E-state index in [2.05, 4.69) is 18.3 Å². The number of hydrogen-bond donors (Lipinski definition) is 1. The molecule has 1 saturated heterocycles. The van der Waals surface area contributed by atoms with Crippen LogP contribution in [0.15, 0.2) is 11.4 Å². The van der Waals surface area contributed by atoms with E-state index in [1.807, 2.05) is 5.38 Å². The normalized spacial score (nSPS) is 20.5. The monoisotopic (exact) mass is 225 g/mol. The first kappa shape index (κ1) is 10.6. The lowest BCUT2D eigenvalue weighted by atomic mass is 10.2. The van der Waals surface area contributed by atoms with Gasteiger partial charge in [-0.1, -0.05) is 0 Å². The molecular weight excluding hydrogens is 210 g/mol. The molecule has 1 N–H and O–H groups in total. The van der Waals surface area contributed by atoms with Gasteiger partial charge >= 0.3 is 0 Å². The minimum Gasteiger partial charge on any atom is -0.368 e. The summed E-state index contributed by atoms with van der Waals surface area (Å²) in [5.41, 5.74) is 1.24. The van der Waals surface area contributed by atoms with Crippen molar-refractivity contribution in [1.82, 2.24) is 5.32 Å². The van der Waals surface area contributed by atoms with E-state index in [1.54, 1.807) is 11.3 Å². The molecular formula is C11H15NO2S. The number of amides is 1. The summed E-state index contributed by atoms with van der Waals surface area (Å²) in [6.07, 6.45) is 1.64. The van der Waals surface area contributed by atoms with Gasteiger partial charge in [0, 0.05) is 11.5 Å². The van der Waals surface area contributed by atoms with Gasteiger partial charge in [0.2, 0.25) is 5.91 Å². The summed E-state index contributed by atoms with van der Waals surface area (Å²) in [4.78, 5) is 12.8. The zero-order valence-electron chi connectivity index (χ0n) is 8.79. The summed E-state index contributed by atoms with van der Waals surface area (Å²) >= 11 is 1.68. The van der Waals surface area contributed by atoms with Gasteiger partial charge in [-0.2, -0.15) is 0 Å². The van der Waals surface area contributed by atoms with Crippen molar-refractivity contribution in [1.29, 1.82) is 0 Å². The van der Waals surface area contributed by atoms with Crippen LogP contribution in [0.1, 0.15) is 23.3 Å². The molecule has 2 heterocycles. The van der Waals surface area contributed by atoms with Crippen LogP contribution in [0.3, 0.4) is 0 Å². The number of carbonyl (C=O) groups excluding carboxylic acids is 1. The molecule has 0 unspecified atom stereocenters. The molecule has 1 fully saturated rings. The topological polar surface area (TPSA) is 38.3 Å². The Morgan fingerprint density at radius 1 is 1.73 bits per heavy atom. The van der Waals surface area contributed by atoms with Gasteiger partial charge in [-0.05, 0) is 36.8 Å². The fourth-order valence-electron chi connectivity index (χ4n) is 1.65. The summed E-state index contributed by atoms with van der Waals surface area (Å²) in [7, 11) is 0. The average Bonchev–Trinajstić information content (AvgIpc) is 2.85. The van der Waals surface area contributed by atoms with E-state index in [4.69, 9.17) is 4.74 Å². The largest absolute Gasteiger partial charge is 0.368 e. The third-order valence-corrected chi connectivity index (χ3v) is 3.64. The molecule has 1 aliphatic rings. The first-order valence-electron chi connectivity index (χ1n) is 5.19. The van der Waals surface area contributed by atoms with E-state index >= 15 is 0 Å². The predicted octanol–water partition coefficient (Wildman–Crippen LogP) is 1.85. The molecule has 15 heavy (non-hydrogen) atoms. The molecule has 1 amide bonds. The fraction of sp³-hybridized carbons (Fsp3) is 0.545. The summed E-state index contributed by atoms with van der Waals surface area (Å²) in [5.74, 6) is 0.0281. The van der Waals surface area contributed by atoms with E-state index in [-0.39, 0.29) is 12.0 Å². The van der Waals surface area contributed by atoms with Crippen LogP contribution in [0.2, 0.25) is 0 Å². The Labute approximate surface area is 93.4 Å². The van der Waals surface area contributed by atoms with Crippen molar-refractivity contribution in [2.24, 2.45) is 0 Å². The molecule has 4 heteroatoms. The highest BCUT2D eigenvalue weighted by Crippen LogP contribution is 2.16. The number of thiophene rings is 1. The Kier molecular flexibility index (Phi) is 3.38. The second-order valence-corrected chi connectivity index (χ2v) is 4.75. The Hall–Kier alpha value is -0.870. The van der Waals surface area contributed by atoms with Crippen LogP contribution in [-0.4, -0.2) is 18.6 Å². The fourth-order valence-corrected chi connectivity index (χ4v) is 2.50. The van der Waals surface area contributed by atoms with Crippen molar-refractivity contribution < 1.29 is 9.53 Å². The molecule has 0 bridgehead atoms. The van der Waals surface area contributed by atoms with Crippen LogP contribution in [0.4, 0.5) is 0 Å². The average molecular weight is 225 g/mol. The molecule has 1 aromatic rings. The summed E-state index contributed by atoms with van der Waals surface area (Å²) in [6.45, 7) is 3.41. The van der Waals surface area contributed by atoms with Gasteiger partial charge < -0.3 is 10.1 Å². The number of nitrogens with one attached hydrogen (secondary N) is 1. The quantitative estimate of drug-likeness (QED) is 0.852. The van der Waals surface area contributed by atoms with E-state index in [9.17, 15) is 4.79 Å². The molecule has 82 valence electrons. The zero-order chi connectivity index (χ0) is 10.7. The Morgan fingerprint density at radius 2 is 2.60 bits per heavy atom. The van der Waals surface area contributed by atoms with Crippen molar-refractivity contribution in [3.8, 4) is 0 Å². The molecule has 1 atom stereocenters. The van der Waals surface area contributed by atoms with E-state index in [0.29, 0.717) is 6.54 Å². The van der Waals surface area contributed by atoms with Crippen molar-refractivity contribution >= 4 is 17.2 Å². The van der Waals surface area contributed by atoms with E-state index in [1.165, 1.54) is 10.4 Å². The molecule has 0 aromatic carbocycles. The molecule has 1 aromatic heterocycles. The molecule has 1 aliphatic heterocycles. The smallest absolute Gasteiger partial charge is 0.249 e. The van der Waals surface area contributed by atoms with Crippen molar-refractivity contribution in [3.63, 3.8) is 0 Å². The Bertz CT molecular complexity index is 342. The third-order valence-electron chi connectivity index (χ3n) is 2.61. The number of rotatable bonds is 3. The molecule has 0 spiro atoms. The van der Waals surface area contributed by atoms with Gasteiger partial charge in [0.05, 0.1) is 6.54 Å². The maximum Gasteiger partial charge on any atom is 0.249 e. The maximum absolute atomic E-state index is 11.6. The van der Waals surface area contributed by atoms with Crippen molar-refractivity contribution in [2.75, 3.05) is 6.61 Å². The lowest BCUT2D eigenvalue weighted by Crippen LogP contribution is -2.33. The van der Waals surface area contributed by atoms with Gasteiger partial charge in [-0.25, -0.2) is 0 Å². The second-order valence-electron chi connectivity index (χ2n) is 3.75. The van der Waals surface area contributed by atoms with Crippen LogP contribution < -0.4 is 5.32 Å². The summed E-state index contributed by atoms with van der Waals surface area (Å²) in [6, 6.07) is 2.07. The number of aryl methyl sites for hydroxylation is 1. The number of carbonyl (C=O) groups is 1. The molecule has 2 rings (SSSR count). The summed E-state index contributed by atoms with van der Waals surface area (Å²) < 4.78 is 5.31. The van der Waals surface area contributed by atoms with Crippen LogP contribution >= 0.6 is 11.3 Å². The molecule has 0 saturated carbocycles. The highest BCUT2D eigenvalue weighted by atomic mass is 32.1. The lowest BCUT2D eigenvalue weighted by Gasteiger charge is -2.09. The molecule has 0 radical (unpaired) electrons. The minimum absolute atomic E-state index is 0.0281. The molecule has 0 aliphatic carbocycles. The Morgan fingerprint density at radius 3 is 3.20 bits per heavy atom. The predicted molar refractivity (Wildman–Crippen MR) is 59.9 cm³/mol. The second kappa shape index (κ2) is 4.77. The zero-order valence-corrected chi connectivity index (χ0v) is 9.60. The minimum atomic E-state index is -0.217. The summed E-state index contributed by atoms with van der Waals surface area (Å²) in [5, 5.41) is 4.96. The van der Waals surface area contributed by atoms with Crippen molar-refractivity contribution in [3.05, 3.63) is 21.9 Å². The SMILES string of the molecule is Cc1ccsc1CNC(=O)[C@@H]1CCCO1. The maximum atomic E-state index is 11.6. The lowest BCUT2D eigenvalue weighted by molar-refractivity contribution is -0.130. The number of ether oxygens (including phenoxy) is 1. The Balaban J connectivity index is 1.83. The van der Waals surface area contributed by atoms with Crippen LogP contribution in [0.25, 0.3) is 0 Å². The van der Waals surface area contributed by atoms with Gasteiger partial charge in [-0.15, -0.1) is 11.3 Å². The first-order chi connectivity index (χ1) is 7.27. The van der Waals surface area contributed by atoms with Crippen LogP contribution in [0, 0.1) is 6.92 Å². The van der Waals surface area contributed by atoms with Gasteiger partial charge in [-0.3, -0.25) is 4.79 Å². The third kappa shape index (κ3) is 2.58. The highest BCUT2D eigenvalue weighted by Gasteiger charge is 2.23. The van der Waals surface area contributed by atoms with Gasteiger partial charge in [0.15, 0.2) is 0 Å². The number of hydrogen-bond acceptors (Lipinski definition) is 3. The highest BCUT2D eigenvalue weighted by molar-refractivity contribution is 7.10. The van der Waals surface area contributed by atoms with Crippen LogP contribution in [-0.2, 0) is 16.1 Å².